The number of hydrogen-bond acceptors (Lipinski definition) is 4. The lowest BCUT2D eigenvalue weighted by Gasteiger charge is -2.04. The number of nitrogens with zero attached hydrogens (tertiary/aromatic N) is 3. The van der Waals surface area contributed by atoms with Gasteiger partial charge >= 0.3 is 0 Å². The van der Waals surface area contributed by atoms with Gasteiger partial charge in [-0.25, -0.2) is 0 Å². The van der Waals surface area contributed by atoms with Crippen molar-refractivity contribution in [3.8, 4) is 12.3 Å². The SMILES string of the molecule is C#Cc1ccc(Nc2nc(Cl)nc(Cl)n2)cc1. The Hall–Kier alpha value is -1.83. The molecule has 0 atom stereocenters. The minimum Gasteiger partial charge on any atom is -0.324 e. The molecule has 4 nitrogen and oxygen atoms in total. The fraction of sp³-hybridized carbons (Fsp3) is 0. The molecule has 1 N–H and O–H groups in total. The molecule has 2 rings (SSSR count). The van der Waals surface area contributed by atoms with Crippen LogP contribution in [0, 0.1) is 12.3 Å². The van der Waals surface area contributed by atoms with Crippen LogP contribution in [0.4, 0.5) is 11.6 Å². The van der Waals surface area contributed by atoms with Gasteiger partial charge in [0.15, 0.2) is 0 Å². The minimum atomic E-state index is 0.0349. The Kier molecular flexibility index (Phi) is 3.43. The molecular weight excluding hydrogens is 259 g/mol. The lowest BCUT2D eigenvalue weighted by molar-refractivity contribution is 1.05. The molecule has 84 valence electrons. The average molecular weight is 265 g/mol. The Morgan fingerprint density at radius 1 is 1.00 bits per heavy atom. The molecule has 0 aliphatic carbocycles. The average Bonchev–Trinajstić information content (AvgIpc) is 2.28. The first-order chi connectivity index (χ1) is 8.17. The van der Waals surface area contributed by atoms with Crippen LogP contribution in [0.25, 0.3) is 0 Å². The summed E-state index contributed by atoms with van der Waals surface area (Å²) in [5, 5.41) is 3.01. The van der Waals surface area contributed by atoms with E-state index in [4.69, 9.17) is 29.6 Å². The van der Waals surface area contributed by atoms with E-state index in [1.165, 1.54) is 0 Å². The van der Waals surface area contributed by atoms with E-state index in [-0.39, 0.29) is 16.5 Å². The van der Waals surface area contributed by atoms with Crippen LogP contribution in [-0.2, 0) is 0 Å². The van der Waals surface area contributed by atoms with E-state index in [1.54, 1.807) is 24.3 Å². The number of halogens is 2. The predicted molar refractivity (Wildman–Crippen MR) is 67.5 cm³/mol. The van der Waals surface area contributed by atoms with E-state index < -0.39 is 0 Å². The molecular formula is C11H6Cl2N4. The second kappa shape index (κ2) is 5.00. The summed E-state index contributed by atoms with van der Waals surface area (Å²) in [6.45, 7) is 0. The zero-order valence-corrected chi connectivity index (χ0v) is 10.00. The van der Waals surface area contributed by atoms with Gasteiger partial charge in [0.05, 0.1) is 0 Å². The van der Waals surface area contributed by atoms with Crippen LogP contribution in [0.3, 0.4) is 0 Å². The molecule has 0 bridgehead atoms. The Morgan fingerprint density at radius 2 is 1.59 bits per heavy atom. The fourth-order valence-corrected chi connectivity index (χ4v) is 1.52. The molecule has 0 amide bonds. The highest BCUT2D eigenvalue weighted by molar-refractivity contribution is 6.31. The van der Waals surface area contributed by atoms with Crippen LogP contribution >= 0.6 is 23.2 Å². The van der Waals surface area contributed by atoms with E-state index in [1.807, 2.05) is 0 Å². The molecule has 0 radical (unpaired) electrons. The molecule has 0 fully saturated rings. The lowest BCUT2D eigenvalue weighted by atomic mass is 10.2. The normalized spacial score (nSPS) is 9.71. The first-order valence-electron chi connectivity index (χ1n) is 4.58. The third-order valence-electron chi connectivity index (χ3n) is 1.89. The minimum absolute atomic E-state index is 0.0349. The number of terminal acetylenes is 1. The number of benzene rings is 1. The third-order valence-corrected chi connectivity index (χ3v) is 2.23. The van der Waals surface area contributed by atoms with E-state index in [0.29, 0.717) is 0 Å². The Morgan fingerprint density at radius 3 is 2.12 bits per heavy atom. The predicted octanol–water partition coefficient (Wildman–Crippen LogP) is 2.90. The highest BCUT2D eigenvalue weighted by Crippen LogP contribution is 2.16. The molecule has 0 unspecified atom stereocenters. The number of aromatic nitrogens is 3. The van der Waals surface area contributed by atoms with Crippen molar-refractivity contribution in [3.63, 3.8) is 0 Å². The molecule has 0 aliphatic heterocycles. The third kappa shape index (κ3) is 3.06. The number of hydrogen-bond donors (Lipinski definition) is 1. The van der Waals surface area contributed by atoms with Crippen molar-refractivity contribution in [2.45, 2.75) is 0 Å². The van der Waals surface area contributed by atoms with Crippen LogP contribution in [0.1, 0.15) is 5.56 Å². The van der Waals surface area contributed by atoms with Crippen LogP contribution in [0.5, 0.6) is 0 Å². The second-order valence-electron chi connectivity index (χ2n) is 3.04. The number of anilines is 2. The Bertz CT molecular complexity index is 555. The first-order valence-corrected chi connectivity index (χ1v) is 5.34. The van der Waals surface area contributed by atoms with Crippen molar-refractivity contribution >= 4 is 34.8 Å². The monoisotopic (exact) mass is 264 g/mol. The van der Waals surface area contributed by atoms with Crippen molar-refractivity contribution in [3.05, 3.63) is 40.4 Å². The highest BCUT2D eigenvalue weighted by Gasteiger charge is 2.03. The van der Waals surface area contributed by atoms with Gasteiger partial charge in [-0.2, -0.15) is 15.0 Å². The fourth-order valence-electron chi connectivity index (χ4n) is 1.16. The van der Waals surface area contributed by atoms with Crippen LogP contribution in [-0.4, -0.2) is 15.0 Å². The van der Waals surface area contributed by atoms with Crippen LogP contribution in [0.2, 0.25) is 10.6 Å². The molecule has 0 saturated carbocycles. The molecule has 0 saturated heterocycles. The molecule has 0 spiro atoms. The van der Waals surface area contributed by atoms with E-state index in [9.17, 15) is 0 Å². The van der Waals surface area contributed by atoms with Gasteiger partial charge in [-0.15, -0.1) is 6.42 Å². The summed E-state index contributed by atoms with van der Waals surface area (Å²) in [4.78, 5) is 11.4. The van der Waals surface area contributed by atoms with Gasteiger partial charge in [-0.05, 0) is 47.5 Å². The van der Waals surface area contributed by atoms with Gasteiger partial charge in [0, 0.05) is 11.3 Å². The van der Waals surface area contributed by atoms with E-state index >= 15 is 0 Å². The molecule has 1 aromatic heterocycles. The topological polar surface area (TPSA) is 50.7 Å². The summed E-state index contributed by atoms with van der Waals surface area (Å²) >= 11 is 11.3. The maximum Gasteiger partial charge on any atom is 0.232 e. The van der Waals surface area contributed by atoms with Crippen LogP contribution < -0.4 is 5.32 Å². The summed E-state index contributed by atoms with van der Waals surface area (Å²) in [5.41, 5.74) is 1.57. The summed E-state index contributed by atoms with van der Waals surface area (Å²) in [7, 11) is 0. The van der Waals surface area contributed by atoms with Gasteiger partial charge in [-0.3, -0.25) is 0 Å². The van der Waals surface area contributed by atoms with Crippen molar-refractivity contribution < 1.29 is 0 Å². The van der Waals surface area contributed by atoms with Crippen molar-refractivity contribution in [1.82, 2.24) is 15.0 Å². The zero-order valence-electron chi connectivity index (χ0n) is 8.48. The Balaban J connectivity index is 2.22. The zero-order chi connectivity index (χ0) is 12.3. The first kappa shape index (κ1) is 11.6. The van der Waals surface area contributed by atoms with Gasteiger partial charge in [0.2, 0.25) is 16.5 Å². The van der Waals surface area contributed by atoms with E-state index in [0.717, 1.165) is 11.3 Å². The quantitative estimate of drug-likeness (QED) is 0.848. The maximum atomic E-state index is 5.65. The molecule has 6 heteroatoms. The molecule has 2 aromatic rings. The van der Waals surface area contributed by atoms with Crippen molar-refractivity contribution in [2.75, 3.05) is 5.32 Å². The standard InChI is InChI=1S/C11H6Cl2N4/c1-2-7-3-5-8(6-4-7)14-11-16-9(12)15-10(13)17-11/h1,3-6H,(H,14,15,16,17). The van der Waals surface area contributed by atoms with E-state index in [2.05, 4.69) is 26.2 Å². The van der Waals surface area contributed by atoms with Gasteiger partial charge in [0.1, 0.15) is 0 Å². The molecule has 17 heavy (non-hydrogen) atoms. The molecule has 1 aromatic carbocycles. The summed E-state index contributed by atoms with van der Waals surface area (Å²) in [6.07, 6.45) is 5.25. The number of nitrogens with one attached hydrogen (secondary N) is 1. The lowest BCUT2D eigenvalue weighted by Crippen LogP contribution is -1.99. The summed E-state index contributed by atoms with van der Waals surface area (Å²) < 4.78 is 0. The maximum absolute atomic E-state index is 5.65. The highest BCUT2D eigenvalue weighted by atomic mass is 35.5. The molecule has 0 aliphatic rings. The van der Waals surface area contributed by atoms with Crippen LogP contribution in [0.15, 0.2) is 24.3 Å². The largest absolute Gasteiger partial charge is 0.324 e. The smallest absolute Gasteiger partial charge is 0.232 e. The summed E-state index contributed by atoms with van der Waals surface area (Å²) in [6, 6.07) is 7.21. The summed E-state index contributed by atoms with van der Waals surface area (Å²) in [5.74, 6) is 2.81. The number of rotatable bonds is 2. The van der Waals surface area contributed by atoms with Gasteiger partial charge in [-0.1, -0.05) is 5.92 Å². The van der Waals surface area contributed by atoms with Crippen molar-refractivity contribution in [1.29, 1.82) is 0 Å². The van der Waals surface area contributed by atoms with Gasteiger partial charge < -0.3 is 5.32 Å². The molecule has 1 heterocycles. The van der Waals surface area contributed by atoms with Crippen molar-refractivity contribution in [2.24, 2.45) is 0 Å². The second-order valence-corrected chi connectivity index (χ2v) is 3.72. The Labute approximate surface area is 108 Å². The van der Waals surface area contributed by atoms with Gasteiger partial charge in [0.25, 0.3) is 0 Å².